The largest absolute Gasteiger partial charge is 0.387 e. The van der Waals surface area contributed by atoms with Crippen LogP contribution in [0.1, 0.15) is 32.6 Å². The van der Waals surface area contributed by atoms with Crippen LogP contribution >= 0.6 is 0 Å². The van der Waals surface area contributed by atoms with Crippen LogP contribution in [0.3, 0.4) is 0 Å². The molecule has 0 bridgehead atoms. The molecule has 1 aliphatic carbocycles. The average molecular weight is 156 g/mol. The first-order valence-electron chi connectivity index (χ1n) is 4.12. The molecule has 0 aromatic rings. The van der Waals surface area contributed by atoms with E-state index < -0.39 is 11.7 Å². The van der Waals surface area contributed by atoms with E-state index >= 15 is 0 Å². The van der Waals surface area contributed by atoms with Crippen molar-refractivity contribution in [2.24, 2.45) is 0 Å². The normalized spacial score (nSPS) is 40.3. The van der Waals surface area contributed by atoms with Gasteiger partial charge >= 0.3 is 0 Å². The highest BCUT2D eigenvalue weighted by Crippen LogP contribution is 2.29. The lowest BCUT2D eigenvalue weighted by Gasteiger charge is -2.27. The van der Waals surface area contributed by atoms with Crippen LogP contribution in [0, 0.1) is 0 Å². The van der Waals surface area contributed by atoms with Gasteiger partial charge in [0.25, 0.3) is 0 Å². The fourth-order valence-corrected chi connectivity index (χ4v) is 1.55. The summed E-state index contributed by atoms with van der Waals surface area (Å²) in [6, 6.07) is 0. The van der Waals surface area contributed by atoms with Crippen molar-refractivity contribution in [3.8, 4) is 0 Å². The van der Waals surface area contributed by atoms with Crippen molar-refractivity contribution in [2.75, 3.05) is 0 Å². The molecule has 0 aliphatic heterocycles. The second kappa shape index (κ2) is 2.95. The molecule has 2 atom stereocenters. The SMILES string of the molecule is C=C1CCCC[C@@](C)(O)[C@@H]1O. The van der Waals surface area contributed by atoms with Gasteiger partial charge in [-0.1, -0.05) is 13.0 Å². The van der Waals surface area contributed by atoms with Crippen LogP contribution in [0.25, 0.3) is 0 Å². The predicted octanol–water partition coefficient (Wildman–Crippen LogP) is 1.23. The molecule has 0 unspecified atom stereocenters. The average Bonchev–Trinajstić information content (AvgIpc) is 2.03. The van der Waals surface area contributed by atoms with E-state index in [1.165, 1.54) is 0 Å². The quantitative estimate of drug-likeness (QED) is 0.409. The molecule has 1 saturated carbocycles. The van der Waals surface area contributed by atoms with E-state index in [4.69, 9.17) is 0 Å². The summed E-state index contributed by atoms with van der Waals surface area (Å²) in [5.41, 5.74) is -0.180. The Morgan fingerprint density at radius 3 is 2.82 bits per heavy atom. The van der Waals surface area contributed by atoms with E-state index in [1.807, 2.05) is 0 Å². The van der Waals surface area contributed by atoms with Gasteiger partial charge in [-0.25, -0.2) is 0 Å². The second-order valence-corrected chi connectivity index (χ2v) is 3.63. The van der Waals surface area contributed by atoms with Crippen LogP contribution in [-0.4, -0.2) is 21.9 Å². The molecule has 2 nitrogen and oxygen atoms in total. The van der Waals surface area contributed by atoms with Gasteiger partial charge < -0.3 is 10.2 Å². The minimum absolute atomic E-state index is 0.674. The molecule has 2 N–H and O–H groups in total. The van der Waals surface area contributed by atoms with E-state index in [9.17, 15) is 10.2 Å². The fraction of sp³-hybridized carbons (Fsp3) is 0.778. The van der Waals surface area contributed by atoms with E-state index in [0.29, 0.717) is 6.42 Å². The summed E-state index contributed by atoms with van der Waals surface area (Å²) in [4.78, 5) is 0. The van der Waals surface area contributed by atoms with Gasteiger partial charge in [-0.2, -0.15) is 0 Å². The molecule has 2 heteroatoms. The number of hydrogen-bond acceptors (Lipinski definition) is 2. The molecule has 0 amide bonds. The highest BCUT2D eigenvalue weighted by molar-refractivity contribution is 5.10. The third-order valence-electron chi connectivity index (χ3n) is 2.41. The molecule has 0 heterocycles. The van der Waals surface area contributed by atoms with Crippen LogP contribution in [0.2, 0.25) is 0 Å². The molecule has 0 spiro atoms. The summed E-state index contributed by atoms with van der Waals surface area (Å²) in [6.07, 6.45) is 2.80. The highest BCUT2D eigenvalue weighted by Gasteiger charge is 2.33. The third kappa shape index (κ3) is 1.82. The minimum Gasteiger partial charge on any atom is -0.387 e. The van der Waals surface area contributed by atoms with Crippen LogP contribution in [0.15, 0.2) is 12.2 Å². The Balaban J connectivity index is 2.73. The van der Waals surface area contributed by atoms with Gasteiger partial charge in [-0.05, 0) is 31.8 Å². The molecule has 64 valence electrons. The molecule has 1 aliphatic rings. The summed E-state index contributed by atoms with van der Waals surface area (Å²) in [7, 11) is 0. The van der Waals surface area contributed by atoms with Crippen LogP contribution in [-0.2, 0) is 0 Å². The van der Waals surface area contributed by atoms with Gasteiger partial charge in [0.15, 0.2) is 0 Å². The highest BCUT2D eigenvalue weighted by atomic mass is 16.3. The molecule has 0 saturated heterocycles. The van der Waals surface area contributed by atoms with Gasteiger partial charge in [0.2, 0.25) is 0 Å². The molecule has 0 aromatic heterocycles. The summed E-state index contributed by atoms with van der Waals surface area (Å²) in [5.74, 6) is 0. The van der Waals surface area contributed by atoms with Crippen molar-refractivity contribution in [1.82, 2.24) is 0 Å². The Hall–Kier alpha value is -0.340. The summed E-state index contributed by atoms with van der Waals surface area (Å²) in [5, 5.41) is 19.2. The maximum atomic E-state index is 9.68. The maximum absolute atomic E-state index is 9.68. The molecule has 1 fully saturated rings. The van der Waals surface area contributed by atoms with E-state index in [2.05, 4.69) is 6.58 Å². The lowest BCUT2D eigenvalue weighted by atomic mass is 9.92. The van der Waals surface area contributed by atoms with Gasteiger partial charge in [-0.15, -0.1) is 0 Å². The molecule has 1 rings (SSSR count). The zero-order valence-corrected chi connectivity index (χ0v) is 7.01. The van der Waals surface area contributed by atoms with Gasteiger partial charge in [0.1, 0.15) is 6.10 Å². The van der Waals surface area contributed by atoms with Crippen LogP contribution in [0.4, 0.5) is 0 Å². The fourth-order valence-electron chi connectivity index (χ4n) is 1.55. The van der Waals surface area contributed by atoms with Crippen LogP contribution in [0.5, 0.6) is 0 Å². The van der Waals surface area contributed by atoms with Gasteiger partial charge in [-0.3, -0.25) is 0 Å². The maximum Gasteiger partial charge on any atom is 0.103 e. The predicted molar refractivity (Wildman–Crippen MR) is 44.2 cm³/mol. The van der Waals surface area contributed by atoms with Crippen molar-refractivity contribution in [3.63, 3.8) is 0 Å². The first-order chi connectivity index (χ1) is 5.04. The van der Waals surface area contributed by atoms with Gasteiger partial charge in [0, 0.05) is 0 Å². The Morgan fingerprint density at radius 2 is 2.18 bits per heavy atom. The van der Waals surface area contributed by atoms with Crippen molar-refractivity contribution >= 4 is 0 Å². The minimum atomic E-state index is -0.951. The van der Waals surface area contributed by atoms with E-state index in [-0.39, 0.29) is 0 Å². The number of rotatable bonds is 0. The van der Waals surface area contributed by atoms with E-state index in [0.717, 1.165) is 24.8 Å². The molecular formula is C9H16O2. The lowest BCUT2D eigenvalue weighted by molar-refractivity contribution is -0.0460. The van der Waals surface area contributed by atoms with Crippen molar-refractivity contribution in [1.29, 1.82) is 0 Å². The third-order valence-corrected chi connectivity index (χ3v) is 2.41. The number of aliphatic hydroxyl groups excluding tert-OH is 1. The van der Waals surface area contributed by atoms with Crippen molar-refractivity contribution < 1.29 is 10.2 Å². The monoisotopic (exact) mass is 156 g/mol. The van der Waals surface area contributed by atoms with Crippen LogP contribution < -0.4 is 0 Å². The Labute approximate surface area is 67.6 Å². The number of aliphatic hydroxyl groups is 2. The number of hydrogen-bond donors (Lipinski definition) is 2. The lowest BCUT2D eigenvalue weighted by Crippen LogP contribution is -2.38. The van der Waals surface area contributed by atoms with Gasteiger partial charge in [0.05, 0.1) is 5.60 Å². The van der Waals surface area contributed by atoms with E-state index in [1.54, 1.807) is 6.92 Å². The first kappa shape index (κ1) is 8.75. The smallest absolute Gasteiger partial charge is 0.103 e. The Kier molecular flexibility index (Phi) is 2.35. The van der Waals surface area contributed by atoms with Crippen molar-refractivity contribution in [3.05, 3.63) is 12.2 Å². The first-order valence-corrected chi connectivity index (χ1v) is 4.12. The Morgan fingerprint density at radius 1 is 1.55 bits per heavy atom. The summed E-state index contributed by atoms with van der Waals surface area (Å²) in [6.45, 7) is 5.42. The molecule has 0 aromatic carbocycles. The Bertz CT molecular complexity index is 161. The zero-order valence-electron chi connectivity index (χ0n) is 7.01. The summed E-state index contributed by atoms with van der Waals surface area (Å²) < 4.78 is 0. The molecule has 11 heavy (non-hydrogen) atoms. The summed E-state index contributed by atoms with van der Waals surface area (Å²) >= 11 is 0. The topological polar surface area (TPSA) is 40.5 Å². The second-order valence-electron chi connectivity index (χ2n) is 3.63. The molecule has 0 radical (unpaired) electrons. The van der Waals surface area contributed by atoms with Crippen molar-refractivity contribution in [2.45, 2.75) is 44.3 Å². The zero-order chi connectivity index (χ0) is 8.48. The standard InChI is InChI=1S/C9H16O2/c1-7-5-3-4-6-9(2,11)8(7)10/h8,10-11H,1,3-6H2,2H3/t8-,9-/m1/s1. The molecular weight excluding hydrogens is 140 g/mol.